The highest BCUT2D eigenvalue weighted by Crippen LogP contribution is 2.66. The van der Waals surface area contributed by atoms with Gasteiger partial charge in [-0.3, -0.25) is 4.79 Å². The highest BCUT2D eigenvalue weighted by atomic mass is 16.5. The molecule has 0 saturated heterocycles. The zero-order valence-corrected chi connectivity index (χ0v) is 21.3. The summed E-state index contributed by atoms with van der Waals surface area (Å²) in [5.41, 5.74) is 2.66. The van der Waals surface area contributed by atoms with E-state index in [4.69, 9.17) is 4.79 Å². The third-order valence-electron chi connectivity index (χ3n) is 9.53. The van der Waals surface area contributed by atoms with Crippen LogP contribution >= 0.6 is 0 Å². The Hall–Kier alpha value is -0.830. The van der Waals surface area contributed by atoms with Crippen LogP contribution in [0.1, 0.15) is 112 Å². The standard InChI is InChI=1S/C24H40O.C2H4O2.C2H6/c1-4-5-6-7-17-9-11-21-20-10-8-18-16-19(25)12-14-24(18,3)22(20)13-15-23(17,21)2;1-4-2-3;1-2/h8,17,19-22,25H,4-7,9-16H2,1-3H3;2H,1H3;1-2H3. The Morgan fingerprint density at radius 1 is 1.10 bits per heavy atom. The van der Waals surface area contributed by atoms with Crippen LogP contribution in [0.25, 0.3) is 0 Å². The first-order chi connectivity index (χ1) is 14.9. The van der Waals surface area contributed by atoms with Gasteiger partial charge in [0, 0.05) is 0 Å². The topological polar surface area (TPSA) is 46.5 Å². The number of fused-ring (bicyclic) bond motifs is 5. The first-order valence-electron chi connectivity index (χ1n) is 13.2. The molecule has 7 atom stereocenters. The molecule has 0 amide bonds. The van der Waals surface area contributed by atoms with E-state index in [1.807, 2.05) is 13.8 Å². The zero-order chi connectivity index (χ0) is 23.1. The van der Waals surface area contributed by atoms with E-state index < -0.39 is 0 Å². The molecule has 31 heavy (non-hydrogen) atoms. The van der Waals surface area contributed by atoms with E-state index >= 15 is 0 Å². The zero-order valence-electron chi connectivity index (χ0n) is 21.3. The first kappa shape index (κ1) is 26.4. The molecular weight excluding hydrogens is 384 g/mol. The minimum Gasteiger partial charge on any atom is -0.471 e. The Bertz CT molecular complexity index is 585. The van der Waals surface area contributed by atoms with Crippen LogP contribution in [0.2, 0.25) is 0 Å². The molecule has 7 unspecified atom stereocenters. The van der Waals surface area contributed by atoms with E-state index in [2.05, 4.69) is 31.6 Å². The minimum absolute atomic E-state index is 0.0702. The minimum atomic E-state index is -0.0702. The van der Waals surface area contributed by atoms with Crippen molar-refractivity contribution in [2.75, 3.05) is 7.11 Å². The van der Waals surface area contributed by atoms with Gasteiger partial charge in [-0.2, -0.15) is 0 Å². The van der Waals surface area contributed by atoms with Gasteiger partial charge in [0.15, 0.2) is 0 Å². The predicted octanol–water partition coefficient (Wildman–Crippen LogP) is 7.32. The largest absolute Gasteiger partial charge is 0.471 e. The van der Waals surface area contributed by atoms with Gasteiger partial charge in [-0.1, -0.05) is 65.5 Å². The smallest absolute Gasteiger partial charge is 0.292 e. The van der Waals surface area contributed by atoms with Gasteiger partial charge >= 0.3 is 0 Å². The molecule has 0 spiro atoms. The lowest BCUT2D eigenvalue weighted by molar-refractivity contribution is -0.126. The summed E-state index contributed by atoms with van der Waals surface area (Å²) in [6.45, 7) is 11.9. The Kier molecular flexibility index (Phi) is 10.1. The molecule has 0 radical (unpaired) electrons. The average Bonchev–Trinajstić information content (AvgIpc) is 3.12. The summed E-state index contributed by atoms with van der Waals surface area (Å²) >= 11 is 0. The van der Waals surface area contributed by atoms with Gasteiger partial charge in [-0.05, 0) is 92.3 Å². The molecule has 4 rings (SSSR count). The van der Waals surface area contributed by atoms with Crippen LogP contribution in [0.15, 0.2) is 11.6 Å². The van der Waals surface area contributed by atoms with E-state index in [1.54, 1.807) is 5.57 Å². The highest BCUT2D eigenvalue weighted by molar-refractivity contribution is 5.36. The van der Waals surface area contributed by atoms with Crippen molar-refractivity contribution < 1.29 is 14.6 Å². The summed E-state index contributed by atoms with van der Waals surface area (Å²) in [4.78, 5) is 8.95. The number of aliphatic hydroxyl groups is 1. The maximum absolute atomic E-state index is 10.1. The summed E-state index contributed by atoms with van der Waals surface area (Å²) in [6, 6.07) is 0. The molecule has 180 valence electrons. The molecule has 3 fully saturated rings. The van der Waals surface area contributed by atoms with E-state index in [0.717, 1.165) is 36.5 Å². The maximum atomic E-state index is 10.1. The molecule has 0 aromatic rings. The lowest BCUT2D eigenvalue weighted by Crippen LogP contribution is -2.50. The molecule has 4 aliphatic carbocycles. The second-order valence-electron chi connectivity index (χ2n) is 10.8. The number of carbonyl (C=O) groups excluding carboxylic acids is 1. The lowest BCUT2D eigenvalue weighted by Gasteiger charge is -2.58. The van der Waals surface area contributed by atoms with Gasteiger partial charge in [0.05, 0.1) is 13.2 Å². The van der Waals surface area contributed by atoms with Crippen LogP contribution in [-0.4, -0.2) is 24.8 Å². The van der Waals surface area contributed by atoms with Crippen LogP contribution in [0, 0.1) is 34.5 Å². The molecule has 3 nitrogen and oxygen atoms in total. The second-order valence-corrected chi connectivity index (χ2v) is 10.8. The van der Waals surface area contributed by atoms with E-state index in [0.29, 0.717) is 17.3 Å². The van der Waals surface area contributed by atoms with Crippen LogP contribution in [0.3, 0.4) is 0 Å². The van der Waals surface area contributed by atoms with Crippen molar-refractivity contribution in [2.45, 2.75) is 118 Å². The van der Waals surface area contributed by atoms with E-state index in [1.165, 1.54) is 71.3 Å². The number of rotatable bonds is 5. The molecule has 3 heteroatoms. The van der Waals surface area contributed by atoms with Crippen molar-refractivity contribution in [3.63, 3.8) is 0 Å². The Balaban J connectivity index is 0.000000513. The normalized spacial score (nSPS) is 40.5. The Morgan fingerprint density at radius 2 is 1.81 bits per heavy atom. The molecule has 4 aliphatic rings. The summed E-state index contributed by atoms with van der Waals surface area (Å²) in [5, 5.41) is 10.1. The van der Waals surface area contributed by atoms with E-state index in [9.17, 15) is 5.11 Å². The Morgan fingerprint density at radius 3 is 2.45 bits per heavy atom. The van der Waals surface area contributed by atoms with Crippen molar-refractivity contribution in [1.29, 1.82) is 0 Å². The average molecular weight is 435 g/mol. The molecule has 0 aromatic heterocycles. The third kappa shape index (κ3) is 5.40. The fourth-order valence-corrected chi connectivity index (χ4v) is 7.87. The molecule has 0 heterocycles. The maximum Gasteiger partial charge on any atom is 0.292 e. The van der Waals surface area contributed by atoms with Crippen LogP contribution < -0.4 is 0 Å². The number of methoxy groups -OCH3 is 1. The molecule has 1 N–H and O–H groups in total. The molecule has 3 saturated carbocycles. The monoisotopic (exact) mass is 434 g/mol. The molecular formula is C28H50O3. The number of carbonyl (C=O) groups is 1. The predicted molar refractivity (Wildman–Crippen MR) is 130 cm³/mol. The Labute approximate surface area is 192 Å². The highest BCUT2D eigenvalue weighted by Gasteiger charge is 2.58. The van der Waals surface area contributed by atoms with E-state index in [-0.39, 0.29) is 6.10 Å². The SMILES string of the molecule is CC.CCCCCC1CCC2C3CC=C4CC(O)CCC4(C)C3CCC12C.COC=O. The number of hydrogen-bond donors (Lipinski definition) is 1. The quantitative estimate of drug-likeness (QED) is 0.280. The number of ether oxygens (including phenoxy) is 1. The molecule has 0 aliphatic heterocycles. The van der Waals surface area contributed by atoms with Crippen molar-refractivity contribution in [3.8, 4) is 0 Å². The first-order valence-corrected chi connectivity index (χ1v) is 13.2. The number of hydrogen-bond acceptors (Lipinski definition) is 3. The van der Waals surface area contributed by atoms with Crippen LogP contribution in [0.4, 0.5) is 0 Å². The fourth-order valence-electron chi connectivity index (χ4n) is 7.87. The number of aliphatic hydroxyl groups excluding tert-OH is 1. The summed E-state index contributed by atoms with van der Waals surface area (Å²) in [5.74, 6) is 3.79. The summed E-state index contributed by atoms with van der Waals surface area (Å²) < 4.78 is 3.86. The van der Waals surface area contributed by atoms with Gasteiger partial charge in [0.1, 0.15) is 0 Å². The van der Waals surface area contributed by atoms with Crippen LogP contribution in [0.5, 0.6) is 0 Å². The summed E-state index contributed by atoms with van der Waals surface area (Å²) in [6.07, 6.45) is 18.7. The van der Waals surface area contributed by atoms with Gasteiger partial charge in [0.25, 0.3) is 6.47 Å². The third-order valence-corrected chi connectivity index (χ3v) is 9.53. The van der Waals surface area contributed by atoms with Crippen molar-refractivity contribution in [3.05, 3.63) is 11.6 Å². The summed E-state index contributed by atoms with van der Waals surface area (Å²) in [7, 11) is 1.31. The van der Waals surface area contributed by atoms with Gasteiger partial charge in [0.2, 0.25) is 0 Å². The van der Waals surface area contributed by atoms with Crippen molar-refractivity contribution in [2.24, 2.45) is 34.5 Å². The molecule has 0 aromatic carbocycles. The van der Waals surface area contributed by atoms with Gasteiger partial charge in [-0.15, -0.1) is 0 Å². The number of unbranched alkanes of at least 4 members (excludes halogenated alkanes) is 2. The van der Waals surface area contributed by atoms with Crippen molar-refractivity contribution in [1.82, 2.24) is 0 Å². The van der Waals surface area contributed by atoms with Gasteiger partial charge in [-0.25, -0.2) is 0 Å². The van der Waals surface area contributed by atoms with Crippen LogP contribution in [-0.2, 0) is 9.53 Å². The van der Waals surface area contributed by atoms with Gasteiger partial charge < -0.3 is 9.84 Å². The second kappa shape index (κ2) is 11.9. The fraction of sp³-hybridized carbons (Fsp3) is 0.893. The lowest BCUT2D eigenvalue weighted by atomic mass is 9.47. The molecule has 0 bridgehead atoms. The van der Waals surface area contributed by atoms with Crippen molar-refractivity contribution >= 4 is 6.47 Å². The number of allylic oxidation sites excluding steroid dienone is 1.